The molecule has 3 atom stereocenters. The molecule has 0 amide bonds. The Morgan fingerprint density at radius 1 is 1.10 bits per heavy atom. The molecular weight excluding hydrogens is 581 g/mol. The van der Waals surface area contributed by atoms with E-state index >= 15 is 0 Å². The van der Waals surface area contributed by atoms with Crippen LogP contribution in [0.5, 0.6) is 0 Å². The van der Waals surface area contributed by atoms with E-state index in [2.05, 4.69) is 0 Å². The minimum atomic E-state index is -4.05. The van der Waals surface area contributed by atoms with Crippen LogP contribution in [0.2, 0.25) is 0 Å². The normalized spacial score (nSPS) is 19.8. The number of nitrogens with two attached hydrogens (primary N) is 2. The van der Waals surface area contributed by atoms with Gasteiger partial charge in [0.05, 0.1) is 16.9 Å². The fraction of sp³-hybridized carbons (Fsp3) is 0.556. The summed E-state index contributed by atoms with van der Waals surface area (Å²) in [6.07, 6.45) is 3.76. The standard InChI is InChI=1S/C12H15NO6S.C6H14N2.Pt/c1-8-2-4-9(5-3-8)20(18,19)13-10(12(16)17)6-7-11(14)15;7-5-3-1-2-4-6(5)8;/h2-5,10,13H,6-7H2,1H3,(H,14,15)(H,16,17);5-6H,1-4,7-8H2;/q;;+2/p-2/t;5-,6-;/m.1./s1. The van der Waals surface area contributed by atoms with Gasteiger partial charge in [0.2, 0.25) is 10.0 Å². The Morgan fingerprint density at radius 3 is 1.97 bits per heavy atom. The molecule has 2 rings (SSSR count). The van der Waals surface area contributed by atoms with E-state index in [0.717, 1.165) is 18.4 Å². The molecule has 0 radical (unpaired) electrons. The molecular formula is C18H27N3O6PtS. The number of carbonyl (C=O) groups excluding carboxylic acids is 2. The quantitative estimate of drug-likeness (QED) is 0.322. The number of carbonyl (C=O) groups is 2. The maximum atomic E-state index is 11.9. The number of aryl methyl sites for hydroxylation is 1. The molecule has 0 aliphatic heterocycles. The van der Waals surface area contributed by atoms with Crippen molar-refractivity contribution in [2.75, 3.05) is 0 Å². The molecule has 29 heavy (non-hydrogen) atoms. The molecule has 1 aromatic rings. The second kappa shape index (κ2) is 13.1. The number of sulfonamides is 1. The average Bonchev–Trinajstić information content (AvgIpc) is 2.61. The number of aliphatic carboxylic acids is 2. The Labute approximate surface area is 185 Å². The summed E-state index contributed by atoms with van der Waals surface area (Å²) in [5.41, 5.74) is 12.2. The summed E-state index contributed by atoms with van der Waals surface area (Å²) < 4.78 is 25.8. The van der Waals surface area contributed by atoms with Gasteiger partial charge in [-0.1, -0.05) is 30.5 Å². The van der Waals surface area contributed by atoms with Crippen LogP contribution in [0, 0.1) is 6.92 Å². The van der Waals surface area contributed by atoms with Crippen LogP contribution in [0.1, 0.15) is 44.1 Å². The van der Waals surface area contributed by atoms with E-state index in [0.29, 0.717) is 0 Å². The first-order valence-electron chi connectivity index (χ1n) is 9.04. The number of hydrogen-bond acceptors (Lipinski definition) is 8. The largest absolute Gasteiger partial charge is 2.00 e. The fourth-order valence-electron chi connectivity index (χ4n) is 2.65. The van der Waals surface area contributed by atoms with Crippen LogP contribution in [-0.2, 0) is 40.7 Å². The second-order valence-electron chi connectivity index (χ2n) is 6.83. The zero-order valence-electron chi connectivity index (χ0n) is 16.1. The van der Waals surface area contributed by atoms with Gasteiger partial charge in [-0.25, -0.2) is 13.1 Å². The molecule has 1 saturated carbocycles. The predicted octanol–water partition coefficient (Wildman–Crippen LogP) is -1.87. The van der Waals surface area contributed by atoms with Gasteiger partial charge in [0.15, 0.2) is 0 Å². The van der Waals surface area contributed by atoms with Crippen LogP contribution in [0.25, 0.3) is 0 Å². The zero-order valence-corrected chi connectivity index (χ0v) is 19.2. The Morgan fingerprint density at radius 2 is 1.59 bits per heavy atom. The average molecular weight is 609 g/mol. The van der Waals surface area contributed by atoms with Crippen LogP contribution in [-0.4, -0.2) is 38.5 Å². The molecule has 11 heteroatoms. The van der Waals surface area contributed by atoms with E-state index in [9.17, 15) is 28.2 Å². The minimum Gasteiger partial charge on any atom is -0.550 e. The van der Waals surface area contributed by atoms with E-state index < -0.39 is 40.8 Å². The van der Waals surface area contributed by atoms with Crippen LogP contribution in [0.3, 0.4) is 0 Å². The number of hydrogen-bond donors (Lipinski definition) is 3. The molecule has 1 aliphatic carbocycles. The van der Waals surface area contributed by atoms with Crippen molar-refractivity contribution in [2.45, 2.75) is 68.5 Å². The summed E-state index contributed by atoms with van der Waals surface area (Å²) in [6, 6.07) is 4.70. The Hall–Kier alpha value is -1.32. The van der Waals surface area contributed by atoms with Crippen molar-refractivity contribution < 1.29 is 49.3 Å². The number of benzene rings is 1. The molecule has 1 unspecified atom stereocenters. The molecule has 0 aromatic heterocycles. The molecule has 0 bridgehead atoms. The van der Waals surface area contributed by atoms with Crippen molar-refractivity contribution in [2.24, 2.45) is 11.5 Å². The van der Waals surface area contributed by atoms with Gasteiger partial charge < -0.3 is 31.3 Å². The van der Waals surface area contributed by atoms with Gasteiger partial charge in [-0.05, 0) is 44.7 Å². The van der Waals surface area contributed by atoms with Crippen molar-refractivity contribution in [3.8, 4) is 0 Å². The van der Waals surface area contributed by atoms with Crippen LogP contribution in [0.4, 0.5) is 0 Å². The van der Waals surface area contributed by atoms with E-state index in [-0.39, 0.29) is 38.0 Å². The molecule has 5 N–H and O–H groups in total. The second-order valence-corrected chi connectivity index (χ2v) is 8.54. The van der Waals surface area contributed by atoms with Gasteiger partial charge >= 0.3 is 21.1 Å². The predicted molar refractivity (Wildman–Crippen MR) is 99.0 cm³/mol. The molecule has 166 valence electrons. The van der Waals surface area contributed by atoms with Crippen LogP contribution >= 0.6 is 0 Å². The minimum absolute atomic E-state index is 0. The third-order valence-corrected chi connectivity index (χ3v) is 5.91. The van der Waals surface area contributed by atoms with Gasteiger partial charge in [-0.3, -0.25) is 0 Å². The van der Waals surface area contributed by atoms with Crippen molar-refractivity contribution in [1.82, 2.24) is 4.72 Å². The van der Waals surface area contributed by atoms with Gasteiger partial charge in [-0.15, -0.1) is 0 Å². The summed E-state index contributed by atoms with van der Waals surface area (Å²) in [5, 5.41) is 21.1. The van der Waals surface area contributed by atoms with E-state index in [1.165, 1.54) is 25.0 Å². The molecule has 0 saturated heterocycles. The maximum Gasteiger partial charge on any atom is 2.00 e. The first-order valence-corrected chi connectivity index (χ1v) is 10.5. The fourth-order valence-corrected chi connectivity index (χ4v) is 3.87. The smallest absolute Gasteiger partial charge is 0.550 e. The first kappa shape index (κ1) is 27.7. The van der Waals surface area contributed by atoms with Crippen molar-refractivity contribution >= 4 is 22.0 Å². The molecule has 1 fully saturated rings. The topological polar surface area (TPSA) is 178 Å². The molecule has 1 aliphatic rings. The Kier molecular flexibility index (Phi) is 12.5. The molecule has 0 heterocycles. The summed E-state index contributed by atoms with van der Waals surface area (Å²) in [6.45, 7) is 1.77. The zero-order chi connectivity index (χ0) is 21.3. The number of rotatable bonds is 7. The SMILES string of the molecule is Cc1ccc(S(=O)(=O)NC(CCC(=O)[O-])C(=O)[O-])cc1.N[C@@H]1CCCC[C@H]1N.[Pt+2]. The van der Waals surface area contributed by atoms with Gasteiger partial charge in [-0.2, -0.15) is 0 Å². The van der Waals surface area contributed by atoms with Crippen molar-refractivity contribution in [1.29, 1.82) is 0 Å². The van der Waals surface area contributed by atoms with Crippen LogP contribution in [0.15, 0.2) is 29.2 Å². The Balaban J connectivity index is 0.000000729. The molecule has 9 nitrogen and oxygen atoms in total. The number of carboxylic acid groups (broad SMARTS) is 2. The third kappa shape index (κ3) is 10.3. The Bertz CT molecular complexity index is 747. The molecule has 0 spiro atoms. The summed E-state index contributed by atoms with van der Waals surface area (Å²) in [5.74, 6) is -3.16. The summed E-state index contributed by atoms with van der Waals surface area (Å²) >= 11 is 0. The van der Waals surface area contributed by atoms with E-state index in [4.69, 9.17) is 11.5 Å². The van der Waals surface area contributed by atoms with E-state index in [1.54, 1.807) is 19.1 Å². The monoisotopic (exact) mass is 608 g/mol. The van der Waals surface area contributed by atoms with Crippen molar-refractivity contribution in [3.05, 3.63) is 29.8 Å². The summed E-state index contributed by atoms with van der Waals surface area (Å²) in [4.78, 5) is 21.0. The number of carboxylic acids is 2. The number of nitrogens with one attached hydrogen (secondary N) is 1. The van der Waals surface area contributed by atoms with Gasteiger partial charge in [0.1, 0.15) is 0 Å². The summed E-state index contributed by atoms with van der Waals surface area (Å²) in [7, 11) is -4.05. The van der Waals surface area contributed by atoms with Gasteiger partial charge in [0.25, 0.3) is 0 Å². The van der Waals surface area contributed by atoms with Crippen molar-refractivity contribution in [3.63, 3.8) is 0 Å². The third-order valence-electron chi connectivity index (χ3n) is 4.43. The van der Waals surface area contributed by atoms with Crippen LogP contribution < -0.4 is 26.4 Å². The van der Waals surface area contributed by atoms with Gasteiger partial charge in [0, 0.05) is 18.1 Å². The van der Waals surface area contributed by atoms with E-state index in [1.807, 2.05) is 4.72 Å². The maximum absolute atomic E-state index is 11.9. The first-order chi connectivity index (χ1) is 13.0. The molecule has 1 aromatic carbocycles.